The topological polar surface area (TPSA) is 83.9 Å². The number of alkyl halides is 3. The number of nitrogens with zero attached hydrogens (tertiary/aromatic N) is 1. The summed E-state index contributed by atoms with van der Waals surface area (Å²) in [4.78, 5) is 10.9. The van der Waals surface area contributed by atoms with E-state index in [4.69, 9.17) is 9.84 Å². The number of carboxylic acids is 1. The van der Waals surface area contributed by atoms with Gasteiger partial charge in [0.05, 0.1) is 12.2 Å². The van der Waals surface area contributed by atoms with E-state index < -0.39 is 34.1 Å². The monoisotopic (exact) mass is 311 g/mol. The van der Waals surface area contributed by atoms with E-state index in [9.17, 15) is 26.4 Å². The number of hydrogen-bond acceptors (Lipinski definition) is 4. The van der Waals surface area contributed by atoms with Gasteiger partial charge in [-0.25, -0.2) is 4.79 Å². The average Bonchev–Trinajstić information content (AvgIpc) is 2.35. The molecule has 0 aliphatic carbocycles. The van der Waals surface area contributed by atoms with Crippen molar-refractivity contribution < 1.29 is 36.2 Å². The number of sulfonamides is 1. The number of aliphatic carboxylic acids is 1. The van der Waals surface area contributed by atoms with Crippen LogP contribution in [0.2, 0.25) is 0 Å². The van der Waals surface area contributed by atoms with E-state index >= 15 is 0 Å². The zero-order valence-corrected chi connectivity index (χ0v) is 10.5. The van der Waals surface area contributed by atoms with Gasteiger partial charge in [0.15, 0.2) is 0 Å². The molecule has 110 valence electrons. The Labute approximate surface area is 111 Å². The molecule has 10 heteroatoms. The van der Waals surface area contributed by atoms with Gasteiger partial charge in [0.25, 0.3) is 0 Å². The van der Waals surface area contributed by atoms with Crippen molar-refractivity contribution in [1.82, 2.24) is 0 Å². The first-order valence-corrected chi connectivity index (χ1v) is 6.66. The number of carboxylic acid groups (broad SMARTS) is 1. The number of carbonyl (C=O) groups is 1. The molecule has 1 N–H and O–H groups in total. The minimum Gasteiger partial charge on any atom is -0.478 e. The third-order valence-corrected chi connectivity index (χ3v) is 4.10. The number of halogens is 3. The Morgan fingerprint density at radius 2 is 1.95 bits per heavy atom. The molecule has 0 saturated heterocycles. The van der Waals surface area contributed by atoms with Crippen LogP contribution in [-0.2, 0) is 14.8 Å². The summed E-state index contributed by atoms with van der Waals surface area (Å²) in [6.45, 7) is -0.950. The SMILES string of the molecule is O=C(O)C1CN(S(=O)(=O)C(F)(F)F)c2ccccc2O1. The molecule has 1 atom stereocenters. The van der Waals surface area contributed by atoms with Crippen molar-refractivity contribution in [3.63, 3.8) is 0 Å². The lowest BCUT2D eigenvalue weighted by molar-refractivity contribution is -0.144. The molecular formula is C10H8F3NO5S. The summed E-state index contributed by atoms with van der Waals surface area (Å²) >= 11 is 0. The summed E-state index contributed by atoms with van der Waals surface area (Å²) < 4.78 is 65.8. The Kier molecular flexibility index (Phi) is 3.28. The molecule has 1 unspecified atom stereocenters. The smallest absolute Gasteiger partial charge is 0.478 e. The first-order valence-electron chi connectivity index (χ1n) is 5.22. The fraction of sp³-hybridized carbons (Fsp3) is 0.300. The molecule has 0 bridgehead atoms. The Bertz CT molecular complexity index is 643. The zero-order valence-electron chi connectivity index (χ0n) is 9.66. The predicted molar refractivity (Wildman–Crippen MR) is 60.8 cm³/mol. The molecule has 0 fully saturated rings. The van der Waals surface area contributed by atoms with Gasteiger partial charge in [0.2, 0.25) is 6.10 Å². The lowest BCUT2D eigenvalue weighted by Gasteiger charge is -2.33. The third-order valence-electron chi connectivity index (χ3n) is 2.59. The number of para-hydroxylation sites is 2. The minimum absolute atomic E-state index is 0.00458. The van der Waals surface area contributed by atoms with Gasteiger partial charge in [-0.1, -0.05) is 12.1 Å². The summed E-state index contributed by atoms with van der Waals surface area (Å²) in [7, 11) is -5.69. The summed E-state index contributed by atoms with van der Waals surface area (Å²) in [6.07, 6.45) is -1.71. The molecule has 1 aliphatic heterocycles. The fourth-order valence-corrected chi connectivity index (χ4v) is 2.67. The number of ether oxygens (including phenoxy) is 1. The molecule has 20 heavy (non-hydrogen) atoms. The van der Waals surface area contributed by atoms with E-state index in [1.165, 1.54) is 18.2 Å². The molecule has 0 aromatic heterocycles. The van der Waals surface area contributed by atoms with Crippen LogP contribution in [-0.4, -0.2) is 37.7 Å². The van der Waals surface area contributed by atoms with Crippen molar-refractivity contribution in [2.75, 3.05) is 10.8 Å². The molecule has 0 spiro atoms. The lowest BCUT2D eigenvalue weighted by Crippen LogP contribution is -2.50. The zero-order chi connectivity index (χ0) is 15.1. The van der Waals surface area contributed by atoms with Crippen LogP contribution >= 0.6 is 0 Å². The van der Waals surface area contributed by atoms with Gasteiger partial charge in [-0.3, -0.25) is 4.31 Å². The number of benzene rings is 1. The predicted octanol–water partition coefficient (Wildman–Crippen LogP) is 1.19. The molecule has 1 heterocycles. The van der Waals surface area contributed by atoms with Gasteiger partial charge < -0.3 is 9.84 Å². The van der Waals surface area contributed by atoms with Crippen molar-refractivity contribution in [3.05, 3.63) is 24.3 Å². The summed E-state index contributed by atoms with van der Waals surface area (Å²) in [5.41, 5.74) is -5.87. The van der Waals surface area contributed by atoms with Crippen LogP contribution < -0.4 is 9.04 Å². The Morgan fingerprint density at radius 3 is 2.50 bits per heavy atom. The van der Waals surface area contributed by atoms with Crippen molar-refractivity contribution in [2.45, 2.75) is 11.6 Å². The van der Waals surface area contributed by atoms with Crippen LogP contribution in [0.5, 0.6) is 5.75 Å². The number of hydrogen-bond donors (Lipinski definition) is 1. The number of anilines is 1. The number of rotatable bonds is 2. The Morgan fingerprint density at radius 1 is 1.35 bits per heavy atom. The normalized spacial score (nSPS) is 19.1. The second kappa shape index (κ2) is 4.54. The van der Waals surface area contributed by atoms with Gasteiger partial charge in [-0.2, -0.15) is 21.6 Å². The van der Waals surface area contributed by atoms with Crippen LogP contribution in [0.15, 0.2) is 24.3 Å². The second-order valence-electron chi connectivity index (χ2n) is 3.89. The van der Waals surface area contributed by atoms with Crippen LogP contribution in [0.4, 0.5) is 18.9 Å². The summed E-state index contributed by atoms with van der Waals surface area (Å²) in [5.74, 6) is -1.79. The first-order chi connectivity index (χ1) is 9.14. The van der Waals surface area contributed by atoms with Gasteiger partial charge in [-0.05, 0) is 12.1 Å². The van der Waals surface area contributed by atoms with Crippen LogP contribution in [0.1, 0.15) is 0 Å². The average molecular weight is 311 g/mol. The second-order valence-corrected chi connectivity index (χ2v) is 5.75. The van der Waals surface area contributed by atoms with E-state index in [1.807, 2.05) is 0 Å². The summed E-state index contributed by atoms with van der Waals surface area (Å²) in [5, 5.41) is 8.82. The highest BCUT2D eigenvalue weighted by atomic mass is 32.2. The van der Waals surface area contributed by atoms with Crippen LogP contribution in [0, 0.1) is 0 Å². The van der Waals surface area contributed by atoms with Crippen molar-refractivity contribution >= 4 is 21.7 Å². The quantitative estimate of drug-likeness (QED) is 0.887. The van der Waals surface area contributed by atoms with Gasteiger partial charge in [0.1, 0.15) is 5.75 Å². The molecule has 1 aromatic carbocycles. The minimum atomic E-state index is -5.69. The largest absolute Gasteiger partial charge is 0.516 e. The van der Waals surface area contributed by atoms with E-state index in [0.717, 1.165) is 6.07 Å². The van der Waals surface area contributed by atoms with E-state index in [1.54, 1.807) is 0 Å². The summed E-state index contributed by atoms with van der Waals surface area (Å²) in [6, 6.07) is 5.02. The molecule has 0 saturated carbocycles. The van der Waals surface area contributed by atoms with Crippen molar-refractivity contribution in [3.8, 4) is 5.75 Å². The highest BCUT2D eigenvalue weighted by Gasteiger charge is 2.52. The standard InChI is InChI=1S/C10H8F3NO5S/c11-10(12,13)20(17,18)14-5-8(9(15)16)19-7-4-2-1-3-6(7)14/h1-4,8H,5H2,(H,15,16). The fourth-order valence-electron chi connectivity index (χ4n) is 1.68. The van der Waals surface area contributed by atoms with E-state index in [2.05, 4.69) is 0 Å². The van der Waals surface area contributed by atoms with Crippen molar-refractivity contribution in [2.24, 2.45) is 0 Å². The van der Waals surface area contributed by atoms with E-state index in [-0.39, 0.29) is 15.7 Å². The third kappa shape index (κ3) is 2.26. The lowest BCUT2D eigenvalue weighted by atomic mass is 10.2. The first kappa shape index (κ1) is 14.4. The van der Waals surface area contributed by atoms with Crippen LogP contribution in [0.3, 0.4) is 0 Å². The molecule has 6 nitrogen and oxygen atoms in total. The Balaban J connectivity index is 2.55. The highest BCUT2D eigenvalue weighted by Crippen LogP contribution is 2.39. The van der Waals surface area contributed by atoms with Gasteiger partial charge in [0, 0.05) is 0 Å². The molecule has 1 aliphatic rings. The van der Waals surface area contributed by atoms with Gasteiger partial charge in [-0.15, -0.1) is 0 Å². The molecule has 2 rings (SSSR count). The maximum atomic E-state index is 12.6. The maximum Gasteiger partial charge on any atom is 0.516 e. The molecule has 0 amide bonds. The highest BCUT2D eigenvalue weighted by molar-refractivity contribution is 7.93. The van der Waals surface area contributed by atoms with Crippen molar-refractivity contribution in [1.29, 1.82) is 0 Å². The maximum absolute atomic E-state index is 12.6. The molecular weight excluding hydrogens is 303 g/mol. The number of fused-ring (bicyclic) bond motifs is 1. The Hall–Kier alpha value is -1.97. The van der Waals surface area contributed by atoms with E-state index in [0.29, 0.717) is 0 Å². The van der Waals surface area contributed by atoms with Crippen LogP contribution in [0.25, 0.3) is 0 Å². The van der Waals surface area contributed by atoms with Gasteiger partial charge >= 0.3 is 21.5 Å². The molecule has 1 aromatic rings. The molecule has 0 radical (unpaired) electrons.